The van der Waals surface area contributed by atoms with Crippen LogP contribution in [0.5, 0.6) is 0 Å². The lowest BCUT2D eigenvalue weighted by Crippen LogP contribution is -2.34. The molecule has 0 aliphatic carbocycles. The summed E-state index contributed by atoms with van der Waals surface area (Å²) in [5.41, 5.74) is 0.878. The maximum atomic E-state index is 13.9. The number of non-ortho nitro benzene ring substituents is 1. The van der Waals surface area contributed by atoms with Crippen molar-refractivity contribution in [2.45, 2.75) is 33.6 Å². The smallest absolute Gasteiger partial charge is 0.360 e. The lowest BCUT2D eigenvalue weighted by molar-refractivity contribution is -0.384. The van der Waals surface area contributed by atoms with E-state index in [1.165, 1.54) is 18.2 Å². The van der Waals surface area contributed by atoms with Gasteiger partial charge in [-0.25, -0.2) is 4.79 Å². The molecule has 2 aliphatic heterocycles. The lowest BCUT2D eigenvalue weighted by atomic mass is 9.86. The normalized spacial score (nSPS) is 22.3. The predicted octanol–water partition coefficient (Wildman–Crippen LogP) is 3.59. The van der Waals surface area contributed by atoms with E-state index in [2.05, 4.69) is 5.32 Å². The first kappa shape index (κ1) is 24.1. The topological polar surface area (TPSA) is 137 Å². The minimum atomic E-state index is -3.86. The maximum absolute atomic E-state index is 13.9. The van der Waals surface area contributed by atoms with E-state index in [0.717, 1.165) is 0 Å². The zero-order valence-corrected chi connectivity index (χ0v) is 19.3. The van der Waals surface area contributed by atoms with Crippen LogP contribution in [0.1, 0.15) is 39.2 Å². The highest BCUT2D eigenvalue weighted by Crippen LogP contribution is 2.66. The van der Waals surface area contributed by atoms with Gasteiger partial charge in [-0.2, -0.15) is 0 Å². The fraction of sp³-hybridized carbons (Fsp3) is 0.476. The predicted molar refractivity (Wildman–Crippen MR) is 116 cm³/mol. The van der Waals surface area contributed by atoms with E-state index >= 15 is 0 Å². The zero-order chi connectivity index (χ0) is 23.7. The average molecular weight is 466 g/mol. The molecule has 2 N–H and O–H groups in total. The number of hydrogen-bond acceptors (Lipinski definition) is 9. The van der Waals surface area contributed by atoms with Crippen molar-refractivity contribution in [3.63, 3.8) is 0 Å². The Balaban J connectivity index is 2.17. The summed E-state index contributed by atoms with van der Waals surface area (Å²) in [6.07, 6.45) is 0. The van der Waals surface area contributed by atoms with Gasteiger partial charge in [0.05, 0.1) is 41.5 Å². The number of aliphatic hydroxyl groups excluding tert-OH is 1. The van der Waals surface area contributed by atoms with Gasteiger partial charge in [-0.15, -0.1) is 0 Å². The summed E-state index contributed by atoms with van der Waals surface area (Å²) in [5.74, 6) is -1.70. The van der Waals surface area contributed by atoms with Crippen LogP contribution in [0.25, 0.3) is 0 Å². The largest absolute Gasteiger partial charge is 0.460 e. The van der Waals surface area contributed by atoms with Gasteiger partial charge in [-0.3, -0.25) is 14.7 Å². The van der Waals surface area contributed by atoms with Crippen LogP contribution in [0.3, 0.4) is 0 Å². The SMILES string of the molecule is CC1=C(C(=O)OCCO)[C@H](c2cccc([N+](=O)[O-])c2)C(P2(=O)OCC(C)(C)CO2)=C(C)N1. The highest BCUT2D eigenvalue weighted by molar-refractivity contribution is 7.58. The van der Waals surface area contributed by atoms with Crippen LogP contribution in [0.4, 0.5) is 5.69 Å². The van der Waals surface area contributed by atoms with Crippen LogP contribution in [0, 0.1) is 15.5 Å². The molecule has 174 valence electrons. The molecule has 0 radical (unpaired) electrons. The lowest BCUT2D eigenvalue weighted by Gasteiger charge is -2.39. The molecular weight excluding hydrogens is 439 g/mol. The molecule has 1 fully saturated rings. The molecule has 1 atom stereocenters. The molecule has 10 nitrogen and oxygen atoms in total. The number of allylic oxidation sites excluding steroid dienone is 3. The third kappa shape index (κ3) is 4.78. The Hall–Kier alpha value is -2.52. The summed E-state index contributed by atoms with van der Waals surface area (Å²) in [7, 11) is -3.86. The Morgan fingerprint density at radius 3 is 2.56 bits per heavy atom. The Bertz CT molecular complexity index is 1030. The zero-order valence-electron chi connectivity index (χ0n) is 18.4. The van der Waals surface area contributed by atoms with E-state index in [4.69, 9.17) is 18.9 Å². The number of carbonyl (C=O) groups excluding carboxylic acids is 1. The molecule has 0 amide bonds. The minimum Gasteiger partial charge on any atom is -0.460 e. The molecule has 2 heterocycles. The van der Waals surface area contributed by atoms with Gasteiger partial charge in [0.25, 0.3) is 5.69 Å². The molecule has 2 aliphatic rings. The summed E-state index contributed by atoms with van der Waals surface area (Å²) in [5, 5.41) is 23.7. The van der Waals surface area contributed by atoms with Crippen LogP contribution in [-0.2, 0) is 23.1 Å². The number of aliphatic hydroxyl groups is 1. The summed E-state index contributed by atoms with van der Waals surface area (Å²) >= 11 is 0. The third-order valence-corrected chi connectivity index (χ3v) is 7.35. The number of nitro benzene ring substituents is 1. The molecule has 1 aromatic rings. The van der Waals surface area contributed by atoms with Gasteiger partial charge in [0, 0.05) is 28.9 Å². The fourth-order valence-corrected chi connectivity index (χ4v) is 6.17. The van der Waals surface area contributed by atoms with Crippen LogP contribution in [-0.4, -0.2) is 42.4 Å². The van der Waals surface area contributed by atoms with Crippen LogP contribution >= 0.6 is 7.60 Å². The van der Waals surface area contributed by atoms with Crippen molar-refractivity contribution in [3.8, 4) is 0 Å². The molecule has 11 heteroatoms. The number of dihydropyridines is 1. The van der Waals surface area contributed by atoms with E-state index in [0.29, 0.717) is 17.0 Å². The highest BCUT2D eigenvalue weighted by Gasteiger charge is 2.48. The van der Waals surface area contributed by atoms with Crippen molar-refractivity contribution >= 4 is 19.3 Å². The van der Waals surface area contributed by atoms with Gasteiger partial charge < -0.3 is 24.2 Å². The Kier molecular flexibility index (Phi) is 6.90. The Morgan fingerprint density at radius 1 is 1.31 bits per heavy atom. The molecule has 0 saturated carbocycles. The Labute approximate surface area is 185 Å². The first-order valence-corrected chi connectivity index (χ1v) is 11.6. The van der Waals surface area contributed by atoms with E-state index in [1.54, 1.807) is 19.9 Å². The van der Waals surface area contributed by atoms with E-state index < -0.39 is 24.4 Å². The van der Waals surface area contributed by atoms with Gasteiger partial charge in [-0.1, -0.05) is 26.0 Å². The molecule has 0 unspecified atom stereocenters. The summed E-state index contributed by atoms with van der Waals surface area (Å²) in [6.45, 7) is 6.92. The monoisotopic (exact) mass is 466 g/mol. The Morgan fingerprint density at radius 2 is 1.97 bits per heavy atom. The molecular formula is C21H27N2O8P. The number of nitrogens with zero attached hydrogens (tertiary/aromatic N) is 1. The van der Waals surface area contributed by atoms with Gasteiger partial charge in [0.1, 0.15) is 6.61 Å². The second-order valence-corrected chi connectivity index (χ2v) is 10.5. The average Bonchev–Trinajstić information content (AvgIpc) is 2.74. The molecule has 0 aromatic heterocycles. The molecule has 0 bridgehead atoms. The van der Waals surface area contributed by atoms with E-state index in [9.17, 15) is 19.5 Å². The third-order valence-electron chi connectivity index (χ3n) is 5.23. The number of nitrogens with one attached hydrogen (secondary N) is 1. The van der Waals surface area contributed by atoms with Crippen LogP contribution in [0.2, 0.25) is 0 Å². The minimum absolute atomic E-state index is 0.117. The van der Waals surface area contributed by atoms with Gasteiger partial charge in [0.2, 0.25) is 0 Å². The van der Waals surface area contributed by atoms with Crippen molar-refractivity contribution in [1.82, 2.24) is 5.32 Å². The number of carbonyl (C=O) groups is 1. The standard InChI is InChI=1S/C21H27N2O8P/c1-13-17(20(25)29-9-8-24)18(15-6-5-7-16(10-15)23(26)27)19(14(2)22-13)32(28)30-11-21(3,4)12-31-32/h5-7,10,18,22,24H,8-9,11-12H2,1-4H3/t18-/m0/s1. The van der Waals surface area contributed by atoms with Gasteiger partial charge in [-0.05, 0) is 19.4 Å². The van der Waals surface area contributed by atoms with Crippen LogP contribution < -0.4 is 5.32 Å². The van der Waals surface area contributed by atoms with Crippen molar-refractivity contribution in [1.29, 1.82) is 0 Å². The first-order valence-electron chi connectivity index (χ1n) is 10.1. The van der Waals surface area contributed by atoms with E-state index in [1.807, 2.05) is 13.8 Å². The number of hydrogen-bond donors (Lipinski definition) is 2. The number of nitro groups is 1. The molecule has 32 heavy (non-hydrogen) atoms. The fourth-order valence-electron chi connectivity index (χ4n) is 3.71. The maximum Gasteiger partial charge on any atom is 0.360 e. The van der Waals surface area contributed by atoms with Crippen molar-refractivity contribution < 1.29 is 33.2 Å². The number of benzene rings is 1. The second-order valence-electron chi connectivity index (χ2n) is 8.53. The van der Waals surface area contributed by atoms with E-state index in [-0.39, 0.29) is 48.4 Å². The quantitative estimate of drug-likeness (QED) is 0.279. The van der Waals surface area contributed by atoms with Crippen molar-refractivity contribution in [2.24, 2.45) is 5.41 Å². The summed E-state index contributed by atoms with van der Waals surface area (Å²) in [6, 6.07) is 5.77. The first-order chi connectivity index (χ1) is 15.0. The highest BCUT2D eigenvalue weighted by atomic mass is 31.2. The van der Waals surface area contributed by atoms with Crippen molar-refractivity contribution in [2.75, 3.05) is 26.4 Å². The van der Waals surface area contributed by atoms with Gasteiger partial charge in [0.15, 0.2) is 0 Å². The van der Waals surface area contributed by atoms with Crippen molar-refractivity contribution in [3.05, 3.63) is 62.2 Å². The molecule has 3 rings (SSSR count). The molecule has 1 aromatic carbocycles. The summed E-state index contributed by atoms with van der Waals surface area (Å²) in [4.78, 5) is 23.8. The number of ether oxygens (including phenoxy) is 1. The van der Waals surface area contributed by atoms with Gasteiger partial charge >= 0.3 is 13.6 Å². The molecule has 0 spiro atoms. The molecule has 1 saturated heterocycles. The second kappa shape index (κ2) is 9.15. The van der Waals surface area contributed by atoms with Crippen LogP contribution in [0.15, 0.2) is 46.5 Å². The number of esters is 1. The summed E-state index contributed by atoms with van der Waals surface area (Å²) < 4.78 is 30.5. The number of rotatable bonds is 6.